The van der Waals surface area contributed by atoms with Gasteiger partial charge in [0, 0.05) is 5.56 Å². The van der Waals surface area contributed by atoms with Crippen molar-refractivity contribution in [3.8, 4) is 0 Å². The molecule has 0 saturated heterocycles. The minimum absolute atomic E-state index is 0.237. The van der Waals surface area contributed by atoms with Crippen LogP contribution in [0.15, 0.2) is 24.3 Å². The number of carbonyl (C=O) groups is 3. The van der Waals surface area contributed by atoms with Gasteiger partial charge < -0.3 is 15.7 Å². The molecular weight excluding hydrogens is 272 g/mol. The van der Waals surface area contributed by atoms with Crippen molar-refractivity contribution in [2.75, 3.05) is 6.54 Å². The van der Waals surface area contributed by atoms with Crippen LogP contribution in [0.1, 0.15) is 29.8 Å². The molecule has 0 spiro atoms. The molecule has 1 aromatic carbocycles. The van der Waals surface area contributed by atoms with E-state index < -0.39 is 17.9 Å². The topological polar surface area (TPSA) is 95.5 Å². The van der Waals surface area contributed by atoms with Gasteiger partial charge in [0.2, 0.25) is 5.91 Å². The molecule has 0 aliphatic heterocycles. The van der Waals surface area contributed by atoms with Gasteiger partial charge in [-0.2, -0.15) is 0 Å². The third-order valence-electron chi connectivity index (χ3n) is 2.97. The Morgan fingerprint density at radius 2 is 1.71 bits per heavy atom. The number of hydrogen-bond acceptors (Lipinski definition) is 3. The highest BCUT2D eigenvalue weighted by Crippen LogP contribution is 2.03. The SMILES string of the molecule is Cc1ccc(C(=O)NCC(=O)N[C@H](C(=O)O)C(C)C)cc1. The monoisotopic (exact) mass is 292 g/mol. The van der Waals surface area contributed by atoms with E-state index in [0.29, 0.717) is 5.56 Å². The van der Waals surface area contributed by atoms with Crippen LogP contribution in [0.4, 0.5) is 0 Å². The number of benzene rings is 1. The first kappa shape index (κ1) is 16.7. The molecule has 0 bridgehead atoms. The summed E-state index contributed by atoms with van der Waals surface area (Å²) in [5.74, 6) is -2.24. The van der Waals surface area contributed by atoms with Gasteiger partial charge in [0.15, 0.2) is 0 Å². The third-order valence-corrected chi connectivity index (χ3v) is 2.97. The van der Waals surface area contributed by atoms with Crippen molar-refractivity contribution in [3.05, 3.63) is 35.4 Å². The van der Waals surface area contributed by atoms with Gasteiger partial charge in [0.1, 0.15) is 6.04 Å². The summed E-state index contributed by atoms with van der Waals surface area (Å²) in [7, 11) is 0. The van der Waals surface area contributed by atoms with Crippen LogP contribution in [0.3, 0.4) is 0 Å². The predicted octanol–water partition coefficient (Wildman–Crippen LogP) is 0.950. The molecule has 1 aromatic rings. The smallest absolute Gasteiger partial charge is 0.326 e. The fourth-order valence-electron chi connectivity index (χ4n) is 1.71. The van der Waals surface area contributed by atoms with Crippen LogP contribution in [-0.2, 0) is 9.59 Å². The Hall–Kier alpha value is -2.37. The first-order valence-electron chi connectivity index (χ1n) is 6.68. The molecule has 0 aromatic heterocycles. The zero-order valence-electron chi connectivity index (χ0n) is 12.3. The van der Waals surface area contributed by atoms with Crippen molar-refractivity contribution in [2.24, 2.45) is 5.92 Å². The average molecular weight is 292 g/mol. The normalized spacial score (nSPS) is 11.8. The van der Waals surface area contributed by atoms with E-state index in [0.717, 1.165) is 5.56 Å². The lowest BCUT2D eigenvalue weighted by molar-refractivity contribution is -0.142. The lowest BCUT2D eigenvalue weighted by Crippen LogP contribution is -2.48. The Kier molecular flexibility index (Phi) is 5.90. The van der Waals surface area contributed by atoms with E-state index in [1.165, 1.54) is 0 Å². The van der Waals surface area contributed by atoms with Crippen LogP contribution < -0.4 is 10.6 Å². The van der Waals surface area contributed by atoms with Crippen molar-refractivity contribution in [1.29, 1.82) is 0 Å². The van der Waals surface area contributed by atoms with Gasteiger partial charge in [-0.3, -0.25) is 9.59 Å². The first-order chi connectivity index (χ1) is 9.81. The van der Waals surface area contributed by atoms with Gasteiger partial charge in [-0.15, -0.1) is 0 Å². The maximum absolute atomic E-state index is 11.8. The van der Waals surface area contributed by atoms with Crippen LogP contribution in [0.2, 0.25) is 0 Å². The second-order valence-corrected chi connectivity index (χ2v) is 5.18. The van der Waals surface area contributed by atoms with Crippen LogP contribution in [0.5, 0.6) is 0 Å². The molecule has 2 amide bonds. The van der Waals surface area contributed by atoms with Crippen molar-refractivity contribution in [2.45, 2.75) is 26.8 Å². The largest absolute Gasteiger partial charge is 0.480 e. The molecule has 0 aliphatic rings. The fraction of sp³-hybridized carbons (Fsp3) is 0.400. The zero-order valence-corrected chi connectivity index (χ0v) is 12.3. The summed E-state index contributed by atoms with van der Waals surface area (Å²) in [6.45, 7) is 5.05. The van der Waals surface area contributed by atoms with E-state index in [-0.39, 0.29) is 18.4 Å². The summed E-state index contributed by atoms with van der Waals surface area (Å²) in [4.78, 5) is 34.4. The summed E-state index contributed by atoms with van der Waals surface area (Å²) < 4.78 is 0. The van der Waals surface area contributed by atoms with Crippen LogP contribution in [0.25, 0.3) is 0 Å². The molecule has 21 heavy (non-hydrogen) atoms. The minimum atomic E-state index is -1.09. The number of aryl methyl sites for hydroxylation is 1. The molecule has 0 radical (unpaired) electrons. The lowest BCUT2D eigenvalue weighted by atomic mass is 10.1. The van der Waals surface area contributed by atoms with E-state index >= 15 is 0 Å². The molecular formula is C15H20N2O4. The number of carbonyl (C=O) groups excluding carboxylic acids is 2. The summed E-state index contributed by atoms with van der Waals surface area (Å²) >= 11 is 0. The van der Waals surface area contributed by atoms with Gasteiger partial charge in [-0.1, -0.05) is 31.5 Å². The highest BCUT2D eigenvalue weighted by molar-refractivity contribution is 5.96. The number of carboxylic acid groups (broad SMARTS) is 1. The number of hydrogen-bond donors (Lipinski definition) is 3. The van der Waals surface area contributed by atoms with Gasteiger partial charge in [0.25, 0.3) is 5.91 Å². The van der Waals surface area contributed by atoms with Crippen molar-refractivity contribution < 1.29 is 19.5 Å². The summed E-state index contributed by atoms with van der Waals surface area (Å²) in [6, 6.07) is 5.96. The number of carboxylic acids is 1. The maximum Gasteiger partial charge on any atom is 0.326 e. The Morgan fingerprint density at radius 3 is 2.19 bits per heavy atom. The van der Waals surface area contributed by atoms with Gasteiger partial charge in [-0.25, -0.2) is 4.79 Å². The Bertz CT molecular complexity index is 523. The highest BCUT2D eigenvalue weighted by atomic mass is 16.4. The van der Waals surface area contributed by atoms with Gasteiger partial charge in [0.05, 0.1) is 6.54 Å². The fourth-order valence-corrected chi connectivity index (χ4v) is 1.71. The van der Waals surface area contributed by atoms with Crippen LogP contribution in [0, 0.1) is 12.8 Å². The molecule has 1 rings (SSSR count). The van der Waals surface area contributed by atoms with Crippen molar-refractivity contribution in [3.63, 3.8) is 0 Å². The number of rotatable bonds is 6. The molecule has 3 N–H and O–H groups in total. The van der Waals surface area contributed by atoms with Crippen molar-refractivity contribution >= 4 is 17.8 Å². The summed E-state index contributed by atoms with van der Waals surface area (Å²) in [6.07, 6.45) is 0. The highest BCUT2D eigenvalue weighted by Gasteiger charge is 2.23. The first-order valence-corrected chi connectivity index (χ1v) is 6.68. The van der Waals surface area contributed by atoms with Crippen LogP contribution >= 0.6 is 0 Å². The molecule has 0 aliphatic carbocycles. The summed E-state index contributed by atoms with van der Waals surface area (Å²) in [5, 5.41) is 13.8. The number of aliphatic carboxylic acids is 1. The molecule has 0 unspecified atom stereocenters. The molecule has 0 heterocycles. The predicted molar refractivity (Wildman–Crippen MR) is 77.9 cm³/mol. The van der Waals surface area contributed by atoms with E-state index in [1.54, 1.807) is 38.1 Å². The quantitative estimate of drug-likeness (QED) is 0.727. The second kappa shape index (κ2) is 7.42. The van der Waals surface area contributed by atoms with Gasteiger partial charge in [-0.05, 0) is 25.0 Å². The number of amides is 2. The minimum Gasteiger partial charge on any atom is -0.480 e. The Labute approximate surface area is 123 Å². The number of nitrogens with one attached hydrogen (secondary N) is 2. The average Bonchev–Trinajstić information content (AvgIpc) is 2.42. The zero-order chi connectivity index (χ0) is 16.0. The summed E-state index contributed by atoms with van der Waals surface area (Å²) in [5.41, 5.74) is 1.48. The van der Waals surface area contributed by atoms with Crippen LogP contribution in [-0.4, -0.2) is 35.5 Å². The van der Waals surface area contributed by atoms with E-state index in [4.69, 9.17) is 5.11 Å². The van der Waals surface area contributed by atoms with Gasteiger partial charge >= 0.3 is 5.97 Å². The maximum atomic E-state index is 11.8. The Morgan fingerprint density at radius 1 is 1.14 bits per heavy atom. The Balaban J connectivity index is 2.51. The van der Waals surface area contributed by atoms with Crippen molar-refractivity contribution in [1.82, 2.24) is 10.6 Å². The molecule has 1 atom stereocenters. The standard InChI is InChI=1S/C15H20N2O4/c1-9(2)13(15(20)21)17-12(18)8-16-14(19)11-6-4-10(3)5-7-11/h4-7,9,13H,8H2,1-3H3,(H,16,19)(H,17,18)(H,20,21)/t13-/m0/s1. The lowest BCUT2D eigenvalue weighted by Gasteiger charge is -2.18. The third kappa shape index (κ3) is 5.25. The molecule has 6 nitrogen and oxygen atoms in total. The molecule has 0 saturated carbocycles. The van der Waals surface area contributed by atoms with E-state index in [1.807, 2.05) is 6.92 Å². The molecule has 6 heteroatoms. The van der Waals surface area contributed by atoms with E-state index in [9.17, 15) is 14.4 Å². The molecule has 0 fully saturated rings. The second-order valence-electron chi connectivity index (χ2n) is 5.18. The molecule has 114 valence electrons. The van der Waals surface area contributed by atoms with E-state index in [2.05, 4.69) is 10.6 Å².